The van der Waals surface area contributed by atoms with Gasteiger partial charge >= 0.3 is 0 Å². The average Bonchev–Trinajstić information content (AvgIpc) is 2.86. The number of aromatic nitrogens is 2. The van der Waals surface area contributed by atoms with E-state index >= 15 is 0 Å². The number of ether oxygens (including phenoxy) is 1. The van der Waals surface area contributed by atoms with Crippen LogP contribution in [0.25, 0.3) is 0 Å². The Hall–Kier alpha value is -1.03. The average molecular weight is 265 g/mol. The van der Waals surface area contributed by atoms with Crippen LogP contribution in [-0.4, -0.2) is 29.3 Å². The minimum Gasteiger partial charge on any atom is -0.383 e. The Morgan fingerprint density at radius 3 is 3.00 bits per heavy atom. The topological polar surface area (TPSA) is 39.1 Å². The van der Waals surface area contributed by atoms with Crippen molar-refractivity contribution in [3.63, 3.8) is 0 Å². The summed E-state index contributed by atoms with van der Waals surface area (Å²) in [5, 5.41) is 3.46. The van der Waals surface area contributed by atoms with E-state index in [1.165, 1.54) is 32.1 Å². The van der Waals surface area contributed by atoms with Gasteiger partial charge in [0.15, 0.2) is 0 Å². The molecule has 0 aliphatic heterocycles. The Kier molecular flexibility index (Phi) is 5.25. The highest BCUT2D eigenvalue weighted by atomic mass is 16.5. The third-order valence-electron chi connectivity index (χ3n) is 4.21. The van der Waals surface area contributed by atoms with E-state index in [0.29, 0.717) is 12.6 Å². The summed E-state index contributed by atoms with van der Waals surface area (Å²) < 4.78 is 7.53. The van der Waals surface area contributed by atoms with E-state index in [1.807, 2.05) is 6.20 Å². The minimum absolute atomic E-state index is 0.287. The van der Waals surface area contributed by atoms with Crippen LogP contribution in [0.4, 0.5) is 5.95 Å². The third-order valence-corrected chi connectivity index (χ3v) is 4.21. The van der Waals surface area contributed by atoms with Crippen LogP contribution in [0.5, 0.6) is 0 Å². The maximum absolute atomic E-state index is 5.18. The van der Waals surface area contributed by atoms with Crippen molar-refractivity contribution in [3.05, 3.63) is 12.4 Å². The van der Waals surface area contributed by atoms with Gasteiger partial charge in [0.2, 0.25) is 5.95 Å². The summed E-state index contributed by atoms with van der Waals surface area (Å²) in [6.45, 7) is 5.13. The van der Waals surface area contributed by atoms with Gasteiger partial charge in [0.25, 0.3) is 0 Å². The van der Waals surface area contributed by atoms with Crippen molar-refractivity contribution in [1.82, 2.24) is 9.55 Å². The molecule has 1 N–H and O–H groups in total. The van der Waals surface area contributed by atoms with Crippen molar-refractivity contribution in [2.45, 2.75) is 58.0 Å². The molecule has 1 aliphatic rings. The molecular weight excluding hydrogens is 238 g/mol. The van der Waals surface area contributed by atoms with E-state index in [4.69, 9.17) is 4.74 Å². The molecule has 0 spiro atoms. The summed E-state index contributed by atoms with van der Waals surface area (Å²) in [5.74, 6) is 1.79. The summed E-state index contributed by atoms with van der Waals surface area (Å²) in [4.78, 5) is 4.48. The van der Waals surface area contributed by atoms with Gasteiger partial charge in [-0.05, 0) is 25.7 Å². The van der Waals surface area contributed by atoms with Crippen LogP contribution in [0.15, 0.2) is 12.4 Å². The maximum atomic E-state index is 5.18. The first kappa shape index (κ1) is 14.4. The van der Waals surface area contributed by atoms with E-state index in [-0.39, 0.29) is 6.04 Å². The molecule has 0 radical (unpaired) electrons. The van der Waals surface area contributed by atoms with Gasteiger partial charge in [0, 0.05) is 31.6 Å². The first-order chi connectivity index (χ1) is 9.26. The molecule has 0 bridgehead atoms. The number of nitrogens with zero attached hydrogens (tertiary/aromatic N) is 2. The largest absolute Gasteiger partial charge is 0.383 e. The Balaban J connectivity index is 2.09. The predicted octanol–water partition coefficient (Wildman–Crippen LogP) is 3.47. The van der Waals surface area contributed by atoms with E-state index in [1.54, 1.807) is 7.11 Å². The molecule has 19 heavy (non-hydrogen) atoms. The molecule has 0 saturated heterocycles. The molecule has 1 aliphatic carbocycles. The van der Waals surface area contributed by atoms with Crippen LogP contribution >= 0.6 is 0 Å². The lowest BCUT2D eigenvalue weighted by Crippen LogP contribution is -2.27. The van der Waals surface area contributed by atoms with Gasteiger partial charge in [-0.3, -0.25) is 0 Å². The molecule has 0 amide bonds. The summed E-state index contributed by atoms with van der Waals surface area (Å²) >= 11 is 0. The quantitative estimate of drug-likeness (QED) is 0.856. The molecule has 1 heterocycles. The standard InChI is InChI=1S/C15H27N3O/c1-4-13-7-5-6-8-14(13)18-10-9-16-15(18)17-12(2)11-19-3/h9-10,12-14H,4-8,11H2,1-3H3,(H,16,17). The number of imidazole rings is 1. The number of hydrogen-bond acceptors (Lipinski definition) is 3. The maximum Gasteiger partial charge on any atom is 0.203 e. The summed E-state index contributed by atoms with van der Waals surface area (Å²) in [5.41, 5.74) is 0. The fraction of sp³-hybridized carbons (Fsp3) is 0.800. The van der Waals surface area contributed by atoms with E-state index in [9.17, 15) is 0 Å². The van der Waals surface area contributed by atoms with Gasteiger partial charge in [0.05, 0.1) is 6.61 Å². The van der Waals surface area contributed by atoms with Gasteiger partial charge in [-0.15, -0.1) is 0 Å². The molecule has 108 valence electrons. The normalized spacial score (nSPS) is 25.2. The second-order valence-electron chi connectivity index (χ2n) is 5.68. The van der Waals surface area contributed by atoms with E-state index in [0.717, 1.165) is 11.9 Å². The van der Waals surface area contributed by atoms with Crippen LogP contribution in [0, 0.1) is 5.92 Å². The van der Waals surface area contributed by atoms with Crippen molar-refractivity contribution in [2.24, 2.45) is 5.92 Å². The number of hydrogen-bond donors (Lipinski definition) is 1. The number of anilines is 1. The zero-order chi connectivity index (χ0) is 13.7. The molecule has 1 aromatic heterocycles. The summed E-state index contributed by atoms with van der Waals surface area (Å²) in [6.07, 6.45) is 10.6. The smallest absolute Gasteiger partial charge is 0.203 e. The van der Waals surface area contributed by atoms with Crippen LogP contribution in [0.3, 0.4) is 0 Å². The molecule has 4 nitrogen and oxygen atoms in total. The number of nitrogens with one attached hydrogen (secondary N) is 1. The SMILES string of the molecule is CCC1CCCCC1n1ccnc1NC(C)COC. The van der Waals surface area contributed by atoms with Crippen molar-refractivity contribution >= 4 is 5.95 Å². The Labute approximate surface area is 116 Å². The van der Waals surface area contributed by atoms with Crippen molar-refractivity contribution in [3.8, 4) is 0 Å². The second kappa shape index (κ2) is 6.94. The summed E-state index contributed by atoms with van der Waals surface area (Å²) in [6, 6.07) is 0.897. The lowest BCUT2D eigenvalue weighted by molar-refractivity contribution is 0.189. The monoisotopic (exact) mass is 265 g/mol. The molecule has 1 saturated carbocycles. The fourth-order valence-electron chi connectivity index (χ4n) is 3.24. The van der Waals surface area contributed by atoms with Crippen molar-refractivity contribution < 1.29 is 4.74 Å². The van der Waals surface area contributed by atoms with Crippen LogP contribution < -0.4 is 5.32 Å². The van der Waals surface area contributed by atoms with Crippen molar-refractivity contribution in [2.75, 3.05) is 19.0 Å². The molecule has 4 heteroatoms. The molecular formula is C15H27N3O. The fourth-order valence-corrected chi connectivity index (χ4v) is 3.24. The van der Waals surface area contributed by atoms with Crippen LogP contribution in [0.1, 0.15) is 52.0 Å². The molecule has 1 aromatic rings. The van der Waals surface area contributed by atoms with Gasteiger partial charge < -0.3 is 14.6 Å². The Bertz CT molecular complexity index is 377. The predicted molar refractivity (Wildman–Crippen MR) is 78.5 cm³/mol. The van der Waals surface area contributed by atoms with Gasteiger partial charge in [-0.2, -0.15) is 0 Å². The van der Waals surface area contributed by atoms with E-state index < -0.39 is 0 Å². The third kappa shape index (κ3) is 3.50. The first-order valence-corrected chi connectivity index (χ1v) is 7.54. The van der Waals surface area contributed by atoms with Gasteiger partial charge in [-0.25, -0.2) is 4.98 Å². The summed E-state index contributed by atoms with van der Waals surface area (Å²) in [7, 11) is 1.74. The lowest BCUT2D eigenvalue weighted by atomic mass is 9.83. The van der Waals surface area contributed by atoms with Gasteiger partial charge in [-0.1, -0.05) is 26.2 Å². The van der Waals surface area contributed by atoms with Crippen molar-refractivity contribution in [1.29, 1.82) is 0 Å². The zero-order valence-corrected chi connectivity index (χ0v) is 12.4. The molecule has 0 aromatic carbocycles. The zero-order valence-electron chi connectivity index (χ0n) is 12.4. The lowest BCUT2D eigenvalue weighted by Gasteiger charge is -2.33. The molecule has 3 atom stereocenters. The van der Waals surface area contributed by atoms with Gasteiger partial charge in [0.1, 0.15) is 0 Å². The molecule has 3 unspecified atom stereocenters. The van der Waals surface area contributed by atoms with E-state index in [2.05, 4.69) is 34.9 Å². The molecule has 2 rings (SSSR count). The molecule has 1 fully saturated rings. The Morgan fingerprint density at radius 1 is 1.47 bits per heavy atom. The highest BCUT2D eigenvalue weighted by Gasteiger charge is 2.26. The number of rotatable bonds is 6. The highest BCUT2D eigenvalue weighted by Crippen LogP contribution is 2.37. The van der Waals surface area contributed by atoms with Crippen LogP contribution in [0.2, 0.25) is 0 Å². The van der Waals surface area contributed by atoms with Crippen LogP contribution in [-0.2, 0) is 4.74 Å². The second-order valence-corrected chi connectivity index (χ2v) is 5.68. The highest BCUT2D eigenvalue weighted by molar-refractivity contribution is 5.28. The minimum atomic E-state index is 0.287. The number of methoxy groups -OCH3 is 1. The first-order valence-electron chi connectivity index (χ1n) is 7.54. The Morgan fingerprint density at radius 2 is 2.26 bits per heavy atom.